The van der Waals surface area contributed by atoms with Crippen LogP contribution >= 0.6 is 27.3 Å². The lowest BCUT2D eigenvalue weighted by Crippen LogP contribution is -1.94. The van der Waals surface area contributed by atoms with Crippen molar-refractivity contribution in [3.8, 4) is 10.9 Å². The Kier molecular flexibility index (Phi) is 3.47. The van der Waals surface area contributed by atoms with Gasteiger partial charge < -0.3 is 10.5 Å². The molecular weight excluding hydrogens is 297 g/mol. The molecule has 16 heavy (non-hydrogen) atoms. The molecule has 1 heterocycles. The van der Waals surface area contributed by atoms with E-state index in [1.54, 1.807) is 0 Å². The summed E-state index contributed by atoms with van der Waals surface area (Å²) in [6, 6.07) is 4.15. The molecule has 0 bridgehead atoms. The van der Waals surface area contributed by atoms with Crippen molar-refractivity contribution >= 4 is 27.3 Å². The average molecular weight is 304 g/mol. The molecule has 0 aliphatic carbocycles. The lowest BCUT2D eigenvalue weighted by Gasteiger charge is -2.02. The number of rotatable bonds is 3. The van der Waals surface area contributed by atoms with Crippen molar-refractivity contribution in [3.05, 3.63) is 33.5 Å². The summed E-state index contributed by atoms with van der Waals surface area (Å²) in [6.07, 6.45) is 0. The summed E-state index contributed by atoms with van der Waals surface area (Å²) in [5.74, 6) is 0.153. The summed E-state index contributed by atoms with van der Waals surface area (Å²) in [5.41, 5.74) is 5.40. The molecule has 2 aromatic rings. The molecule has 0 atom stereocenters. The van der Waals surface area contributed by atoms with Gasteiger partial charge in [0.2, 0.25) is 0 Å². The number of aromatic nitrogens is 2. The van der Waals surface area contributed by atoms with Gasteiger partial charge in [-0.3, -0.25) is 0 Å². The van der Waals surface area contributed by atoms with Crippen LogP contribution in [0.15, 0.2) is 22.7 Å². The predicted octanol–water partition coefficient (Wildman–Crippen LogP) is 2.69. The monoisotopic (exact) mass is 303 g/mol. The van der Waals surface area contributed by atoms with Gasteiger partial charge in [-0.25, -0.2) is 4.39 Å². The molecule has 7 heteroatoms. The van der Waals surface area contributed by atoms with E-state index in [0.717, 1.165) is 0 Å². The molecule has 0 saturated carbocycles. The van der Waals surface area contributed by atoms with Gasteiger partial charge in [0.15, 0.2) is 0 Å². The summed E-state index contributed by atoms with van der Waals surface area (Å²) in [5, 5.41) is 8.68. The third-order valence-electron chi connectivity index (χ3n) is 1.71. The van der Waals surface area contributed by atoms with Gasteiger partial charge >= 0.3 is 0 Å². The van der Waals surface area contributed by atoms with Gasteiger partial charge in [0, 0.05) is 6.54 Å². The van der Waals surface area contributed by atoms with Crippen molar-refractivity contribution in [3.63, 3.8) is 0 Å². The summed E-state index contributed by atoms with van der Waals surface area (Å²) in [6.45, 7) is 0.325. The number of nitrogens with zero attached hydrogens (tertiary/aromatic N) is 2. The highest BCUT2D eigenvalue weighted by molar-refractivity contribution is 9.10. The second kappa shape index (κ2) is 4.86. The largest absolute Gasteiger partial charge is 0.429 e. The molecule has 1 aromatic heterocycles. The summed E-state index contributed by atoms with van der Waals surface area (Å²) < 4.78 is 18.8. The molecule has 0 aliphatic rings. The molecule has 2 rings (SSSR count). The third kappa shape index (κ3) is 2.55. The fraction of sp³-hybridized carbons (Fsp3) is 0.111. The maximum absolute atomic E-state index is 12.8. The van der Waals surface area contributed by atoms with Crippen molar-refractivity contribution in [1.29, 1.82) is 0 Å². The standard InChI is InChI=1S/C9H7BrFN3OS/c10-6-3-5(11)1-2-7(6)15-9-14-13-8(4-12)16-9/h1-3H,4,12H2. The molecule has 2 N–H and O–H groups in total. The zero-order valence-corrected chi connectivity index (χ0v) is 10.4. The summed E-state index contributed by atoms with van der Waals surface area (Å²) in [4.78, 5) is 0. The molecule has 0 fully saturated rings. The van der Waals surface area contributed by atoms with E-state index in [1.165, 1.54) is 29.5 Å². The molecule has 0 radical (unpaired) electrons. The van der Waals surface area contributed by atoms with E-state index in [9.17, 15) is 4.39 Å². The molecule has 0 amide bonds. The van der Waals surface area contributed by atoms with Crippen molar-refractivity contribution in [2.24, 2.45) is 5.73 Å². The van der Waals surface area contributed by atoms with Gasteiger partial charge in [0.05, 0.1) is 4.47 Å². The number of hydrogen-bond donors (Lipinski definition) is 1. The van der Waals surface area contributed by atoms with Crippen molar-refractivity contribution in [2.75, 3.05) is 0 Å². The van der Waals surface area contributed by atoms with Crippen LogP contribution in [0.4, 0.5) is 4.39 Å². The Hall–Kier alpha value is -1.05. The molecular formula is C9H7BrFN3OS. The van der Waals surface area contributed by atoms with E-state index in [0.29, 0.717) is 27.0 Å². The molecule has 0 spiro atoms. The number of nitrogens with two attached hydrogens (primary N) is 1. The van der Waals surface area contributed by atoms with Gasteiger partial charge in [-0.2, -0.15) is 0 Å². The Balaban J connectivity index is 2.20. The average Bonchev–Trinajstić information content (AvgIpc) is 2.70. The molecule has 4 nitrogen and oxygen atoms in total. The first-order chi connectivity index (χ1) is 7.69. The lowest BCUT2D eigenvalue weighted by molar-refractivity contribution is 0.468. The molecule has 0 unspecified atom stereocenters. The maximum atomic E-state index is 12.8. The minimum atomic E-state index is -0.334. The Morgan fingerprint density at radius 1 is 1.44 bits per heavy atom. The first kappa shape index (κ1) is 11.4. The highest BCUT2D eigenvalue weighted by Gasteiger charge is 2.08. The van der Waals surface area contributed by atoms with Crippen LogP contribution in [0, 0.1) is 5.82 Å². The summed E-state index contributed by atoms with van der Waals surface area (Å²) in [7, 11) is 0. The highest BCUT2D eigenvalue weighted by atomic mass is 79.9. The van der Waals surface area contributed by atoms with Gasteiger partial charge in [-0.15, -0.1) is 5.10 Å². The van der Waals surface area contributed by atoms with E-state index < -0.39 is 0 Å². The van der Waals surface area contributed by atoms with E-state index in [-0.39, 0.29) is 5.82 Å². The minimum Gasteiger partial charge on any atom is -0.429 e. The fourth-order valence-corrected chi connectivity index (χ4v) is 2.03. The van der Waals surface area contributed by atoms with Crippen LogP contribution in [0.5, 0.6) is 10.9 Å². The number of ether oxygens (including phenoxy) is 1. The van der Waals surface area contributed by atoms with Gasteiger partial charge in [0.25, 0.3) is 5.19 Å². The second-order valence-electron chi connectivity index (χ2n) is 2.84. The Bertz CT molecular complexity index is 505. The zero-order valence-electron chi connectivity index (χ0n) is 7.98. The van der Waals surface area contributed by atoms with Crippen LogP contribution in [0.1, 0.15) is 5.01 Å². The van der Waals surface area contributed by atoms with Crippen molar-refractivity contribution in [2.45, 2.75) is 6.54 Å². The van der Waals surface area contributed by atoms with Gasteiger partial charge in [-0.1, -0.05) is 16.4 Å². The number of halogens is 2. The minimum absolute atomic E-state index is 0.325. The van der Waals surface area contributed by atoms with Crippen LogP contribution in [0.3, 0.4) is 0 Å². The number of benzene rings is 1. The topological polar surface area (TPSA) is 61.0 Å². The molecule has 0 saturated heterocycles. The smallest absolute Gasteiger partial charge is 0.299 e. The second-order valence-corrected chi connectivity index (χ2v) is 4.72. The van der Waals surface area contributed by atoms with Gasteiger partial charge in [0.1, 0.15) is 16.6 Å². The molecule has 84 valence electrons. The van der Waals surface area contributed by atoms with Crippen LogP contribution in [-0.4, -0.2) is 10.2 Å². The van der Waals surface area contributed by atoms with Gasteiger partial charge in [-0.05, 0) is 34.1 Å². The van der Waals surface area contributed by atoms with Crippen molar-refractivity contribution in [1.82, 2.24) is 10.2 Å². The van der Waals surface area contributed by atoms with E-state index >= 15 is 0 Å². The normalized spacial score (nSPS) is 10.4. The molecule has 0 aliphatic heterocycles. The first-order valence-electron chi connectivity index (χ1n) is 4.34. The van der Waals surface area contributed by atoms with Crippen molar-refractivity contribution < 1.29 is 9.13 Å². The predicted molar refractivity (Wildman–Crippen MR) is 62.0 cm³/mol. The van der Waals surface area contributed by atoms with Crippen LogP contribution in [-0.2, 0) is 6.54 Å². The Labute approximate surface area is 103 Å². The lowest BCUT2D eigenvalue weighted by atomic mass is 10.3. The van der Waals surface area contributed by atoms with Crippen LogP contribution < -0.4 is 10.5 Å². The first-order valence-corrected chi connectivity index (χ1v) is 5.95. The Morgan fingerprint density at radius 3 is 2.88 bits per heavy atom. The quantitative estimate of drug-likeness (QED) is 0.947. The van der Waals surface area contributed by atoms with E-state index in [2.05, 4.69) is 26.1 Å². The van der Waals surface area contributed by atoms with E-state index in [1.807, 2.05) is 0 Å². The fourth-order valence-electron chi connectivity index (χ4n) is 1.01. The SMILES string of the molecule is NCc1nnc(Oc2ccc(F)cc2Br)s1. The van der Waals surface area contributed by atoms with E-state index in [4.69, 9.17) is 10.5 Å². The van der Waals surface area contributed by atoms with Crippen LogP contribution in [0.25, 0.3) is 0 Å². The number of hydrogen-bond acceptors (Lipinski definition) is 5. The maximum Gasteiger partial charge on any atom is 0.299 e. The Morgan fingerprint density at radius 2 is 2.25 bits per heavy atom. The highest BCUT2D eigenvalue weighted by Crippen LogP contribution is 2.31. The molecule has 1 aromatic carbocycles. The van der Waals surface area contributed by atoms with Crippen LogP contribution in [0.2, 0.25) is 0 Å². The summed E-state index contributed by atoms with van der Waals surface area (Å²) >= 11 is 4.45. The third-order valence-corrected chi connectivity index (χ3v) is 3.16. The zero-order chi connectivity index (χ0) is 11.5.